The summed E-state index contributed by atoms with van der Waals surface area (Å²) in [7, 11) is 0. The zero-order chi connectivity index (χ0) is 10.6. The molecule has 0 saturated carbocycles. The maximum Gasteiger partial charge on any atom is 0.245 e. The van der Waals surface area contributed by atoms with Crippen LogP contribution in [-0.4, -0.2) is 13.0 Å². The van der Waals surface area contributed by atoms with Crippen LogP contribution in [0.4, 0.5) is 8.78 Å². The Kier molecular flexibility index (Phi) is 4.48. The zero-order valence-corrected chi connectivity index (χ0v) is 9.18. The van der Waals surface area contributed by atoms with Crippen molar-refractivity contribution in [3.05, 3.63) is 34.3 Å². The molecule has 0 heterocycles. The molecule has 0 aromatic heterocycles. The van der Waals surface area contributed by atoms with Gasteiger partial charge in [0.05, 0.1) is 0 Å². The normalized spacial score (nSPS) is 13.2. The van der Waals surface area contributed by atoms with Gasteiger partial charge < -0.3 is 5.73 Å². The van der Waals surface area contributed by atoms with Gasteiger partial charge in [-0.25, -0.2) is 8.78 Å². The first-order chi connectivity index (χ1) is 6.66. The van der Waals surface area contributed by atoms with E-state index in [1.54, 1.807) is 24.3 Å². The summed E-state index contributed by atoms with van der Waals surface area (Å²) in [6, 6.07) is 7.03. The van der Waals surface area contributed by atoms with E-state index in [0.29, 0.717) is 12.0 Å². The molecule has 1 rings (SSSR count). The second-order valence-electron chi connectivity index (χ2n) is 3.04. The quantitative estimate of drug-likeness (QED) is 0.888. The summed E-state index contributed by atoms with van der Waals surface area (Å²) < 4.78 is 26.1. The van der Waals surface area contributed by atoms with Gasteiger partial charge in [0.1, 0.15) is 0 Å². The van der Waals surface area contributed by atoms with E-state index in [-0.39, 0.29) is 6.54 Å². The molecule has 78 valence electrons. The highest BCUT2D eigenvalue weighted by atomic mass is 79.9. The molecule has 4 heteroatoms. The fourth-order valence-electron chi connectivity index (χ4n) is 1.37. The van der Waals surface area contributed by atoms with Gasteiger partial charge in [-0.1, -0.05) is 34.1 Å². The predicted octanol–water partition coefficient (Wildman–Crippen LogP) is 3.15. The first kappa shape index (κ1) is 11.6. The van der Waals surface area contributed by atoms with Gasteiger partial charge in [0.2, 0.25) is 6.43 Å². The van der Waals surface area contributed by atoms with Crippen LogP contribution in [0.25, 0.3) is 0 Å². The van der Waals surface area contributed by atoms with Gasteiger partial charge in [0, 0.05) is 10.4 Å². The van der Waals surface area contributed by atoms with Crippen LogP contribution in [-0.2, 0) is 0 Å². The number of rotatable bonds is 4. The summed E-state index contributed by atoms with van der Waals surface area (Å²) in [6.07, 6.45) is -2.06. The van der Waals surface area contributed by atoms with E-state index in [1.165, 1.54) is 0 Å². The predicted molar refractivity (Wildman–Crippen MR) is 56.6 cm³/mol. The SMILES string of the molecule is NCCC(c1ccccc1Br)C(F)F. The third kappa shape index (κ3) is 2.75. The lowest BCUT2D eigenvalue weighted by atomic mass is 9.96. The molecule has 1 atom stereocenters. The van der Waals surface area contributed by atoms with Crippen LogP contribution in [0.3, 0.4) is 0 Å². The molecule has 1 unspecified atom stereocenters. The monoisotopic (exact) mass is 263 g/mol. The van der Waals surface area contributed by atoms with Gasteiger partial charge >= 0.3 is 0 Å². The molecular formula is C10H12BrF2N. The van der Waals surface area contributed by atoms with E-state index in [1.807, 2.05) is 0 Å². The van der Waals surface area contributed by atoms with Gasteiger partial charge in [-0.05, 0) is 24.6 Å². The molecule has 0 aliphatic rings. The molecule has 0 saturated heterocycles. The van der Waals surface area contributed by atoms with Crippen molar-refractivity contribution in [1.29, 1.82) is 0 Å². The fourth-order valence-corrected chi connectivity index (χ4v) is 1.95. The van der Waals surface area contributed by atoms with Crippen molar-refractivity contribution in [2.45, 2.75) is 18.8 Å². The van der Waals surface area contributed by atoms with Crippen molar-refractivity contribution in [2.75, 3.05) is 6.54 Å². The highest BCUT2D eigenvalue weighted by Gasteiger charge is 2.23. The molecule has 1 nitrogen and oxygen atoms in total. The fraction of sp³-hybridized carbons (Fsp3) is 0.400. The molecular weight excluding hydrogens is 252 g/mol. The van der Waals surface area contributed by atoms with Crippen molar-refractivity contribution in [3.63, 3.8) is 0 Å². The van der Waals surface area contributed by atoms with Crippen molar-refractivity contribution in [3.8, 4) is 0 Å². The van der Waals surface area contributed by atoms with E-state index in [0.717, 1.165) is 4.47 Å². The highest BCUT2D eigenvalue weighted by Crippen LogP contribution is 2.31. The second kappa shape index (κ2) is 5.41. The van der Waals surface area contributed by atoms with Crippen molar-refractivity contribution in [1.82, 2.24) is 0 Å². The largest absolute Gasteiger partial charge is 0.330 e. The van der Waals surface area contributed by atoms with Crippen LogP contribution in [0.5, 0.6) is 0 Å². The average molecular weight is 264 g/mol. The van der Waals surface area contributed by atoms with Gasteiger partial charge in [-0.15, -0.1) is 0 Å². The number of benzene rings is 1. The number of hydrogen-bond acceptors (Lipinski definition) is 1. The average Bonchev–Trinajstić information content (AvgIpc) is 2.15. The summed E-state index contributed by atoms with van der Waals surface area (Å²) in [5.41, 5.74) is 5.94. The maximum atomic E-state index is 12.7. The molecule has 0 radical (unpaired) electrons. The minimum atomic E-state index is -2.36. The van der Waals surface area contributed by atoms with Crippen LogP contribution in [0.15, 0.2) is 28.7 Å². The Morgan fingerprint density at radius 2 is 1.93 bits per heavy atom. The van der Waals surface area contributed by atoms with Gasteiger partial charge in [0.15, 0.2) is 0 Å². The molecule has 0 bridgehead atoms. The standard InChI is InChI=1S/C10H12BrF2N/c11-9-4-2-1-3-7(9)8(5-6-14)10(12)13/h1-4,8,10H,5-6,14H2. The van der Waals surface area contributed by atoms with Gasteiger partial charge in [0.25, 0.3) is 0 Å². The molecule has 0 amide bonds. The van der Waals surface area contributed by atoms with Crippen molar-refractivity contribution in [2.24, 2.45) is 5.73 Å². The molecule has 0 fully saturated rings. The van der Waals surface area contributed by atoms with Crippen LogP contribution in [0.1, 0.15) is 17.9 Å². The third-order valence-corrected chi connectivity index (χ3v) is 2.81. The first-order valence-electron chi connectivity index (χ1n) is 4.39. The van der Waals surface area contributed by atoms with E-state index in [9.17, 15) is 8.78 Å². The second-order valence-corrected chi connectivity index (χ2v) is 3.89. The third-order valence-electron chi connectivity index (χ3n) is 2.09. The smallest absolute Gasteiger partial charge is 0.245 e. The Balaban J connectivity index is 2.93. The lowest BCUT2D eigenvalue weighted by molar-refractivity contribution is 0.110. The van der Waals surface area contributed by atoms with Crippen LogP contribution < -0.4 is 5.73 Å². The number of nitrogens with two attached hydrogens (primary N) is 1. The van der Waals surface area contributed by atoms with Gasteiger partial charge in [-0.2, -0.15) is 0 Å². The van der Waals surface area contributed by atoms with Gasteiger partial charge in [-0.3, -0.25) is 0 Å². The lowest BCUT2D eigenvalue weighted by Gasteiger charge is -2.16. The number of alkyl halides is 2. The minimum Gasteiger partial charge on any atom is -0.330 e. The van der Waals surface area contributed by atoms with Crippen molar-refractivity contribution >= 4 is 15.9 Å². The molecule has 1 aromatic carbocycles. The lowest BCUT2D eigenvalue weighted by Crippen LogP contribution is -2.14. The topological polar surface area (TPSA) is 26.0 Å². The molecule has 2 N–H and O–H groups in total. The van der Waals surface area contributed by atoms with E-state index < -0.39 is 12.3 Å². The minimum absolute atomic E-state index is 0.274. The summed E-state index contributed by atoms with van der Waals surface area (Å²) in [4.78, 5) is 0. The number of halogens is 3. The highest BCUT2D eigenvalue weighted by molar-refractivity contribution is 9.10. The number of hydrogen-bond donors (Lipinski definition) is 1. The first-order valence-corrected chi connectivity index (χ1v) is 5.18. The van der Waals surface area contributed by atoms with Crippen LogP contribution in [0.2, 0.25) is 0 Å². The van der Waals surface area contributed by atoms with E-state index in [4.69, 9.17) is 5.73 Å². The molecule has 1 aromatic rings. The summed E-state index contributed by atoms with van der Waals surface area (Å²) in [5.74, 6) is -0.768. The van der Waals surface area contributed by atoms with Crippen LogP contribution in [0, 0.1) is 0 Å². The summed E-state index contributed by atoms with van der Waals surface area (Å²) in [6.45, 7) is 0.274. The molecule has 0 spiro atoms. The Labute approximate surface area is 90.4 Å². The molecule has 0 aliphatic carbocycles. The van der Waals surface area contributed by atoms with E-state index in [2.05, 4.69) is 15.9 Å². The van der Waals surface area contributed by atoms with E-state index >= 15 is 0 Å². The van der Waals surface area contributed by atoms with Crippen molar-refractivity contribution < 1.29 is 8.78 Å². The molecule has 0 aliphatic heterocycles. The summed E-state index contributed by atoms with van der Waals surface area (Å²) >= 11 is 3.26. The van der Waals surface area contributed by atoms with Crippen LogP contribution >= 0.6 is 15.9 Å². The zero-order valence-electron chi connectivity index (χ0n) is 7.59. The molecule has 14 heavy (non-hydrogen) atoms. The Morgan fingerprint density at radius 1 is 1.29 bits per heavy atom. The summed E-state index contributed by atoms with van der Waals surface area (Å²) in [5, 5.41) is 0. The maximum absolute atomic E-state index is 12.7. The Bertz CT molecular complexity index is 291. The Hall–Kier alpha value is -0.480. The Morgan fingerprint density at radius 3 is 2.43 bits per heavy atom.